The third-order valence-electron chi connectivity index (χ3n) is 6.71. The molecule has 0 atom stereocenters. The minimum Gasteiger partial charge on any atom is -0.397 e. The highest BCUT2D eigenvalue weighted by Crippen LogP contribution is 2.27. The maximum atomic E-state index is 12.7. The van der Waals surface area contributed by atoms with E-state index in [9.17, 15) is 13.2 Å². The van der Waals surface area contributed by atoms with Crippen LogP contribution < -0.4 is 26.0 Å². The number of para-hydroxylation sites is 2. The van der Waals surface area contributed by atoms with E-state index in [-0.39, 0.29) is 11.8 Å². The van der Waals surface area contributed by atoms with E-state index in [2.05, 4.69) is 30.2 Å². The number of hydrogen-bond acceptors (Lipinski definition) is 8. The van der Waals surface area contributed by atoms with Gasteiger partial charge in [0.2, 0.25) is 21.9 Å². The number of rotatable bonds is 8. The number of piperidine rings is 1. The smallest absolute Gasteiger partial charge is 0.229 e. The van der Waals surface area contributed by atoms with Gasteiger partial charge >= 0.3 is 0 Å². The second kappa shape index (κ2) is 11.6. The first-order chi connectivity index (χ1) is 19.2. The maximum absolute atomic E-state index is 12.7. The van der Waals surface area contributed by atoms with E-state index < -0.39 is 10.0 Å². The van der Waals surface area contributed by atoms with Gasteiger partial charge in [-0.05, 0) is 67.4 Å². The van der Waals surface area contributed by atoms with Gasteiger partial charge in [0.15, 0.2) is 0 Å². The number of nitrogens with two attached hydrogens (primary N) is 1. The lowest BCUT2D eigenvalue weighted by molar-refractivity contribution is -0.120. The van der Waals surface area contributed by atoms with Crippen LogP contribution in [0.5, 0.6) is 0 Å². The number of amides is 1. The number of nitrogen functional groups attached to an aromatic ring is 1. The van der Waals surface area contributed by atoms with Gasteiger partial charge in [-0.1, -0.05) is 24.3 Å². The first kappa shape index (κ1) is 26.9. The quantitative estimate of drug-likeness (QED) is 0.229. The summed E-state index contributed by atoms with van der Waals surface area (Å²) in [4.78, 5) is 23.9. The van der Waals surface area contributed by atoms with Gasteiger partial charge in [-0.15, -0.1) is 0 Å². The summed E-state index contributed by atoms with van der Waals surface area (Å²) in [6.45, 7) is 1.58. The molecule has 0 aliphatic carbocycles. The lowest BCUT2D eigenvalue weighted by atomic mass is 9.95. The van der Waals surface area contributed by atoms with E-state index in [4.69, 9.17) is 5.73 Å². The fourth-order valence-corrected chi connectivity index (χ4v) is 5.20. The van der Waals surface area contributed by atoms with Crippen molar-refractivity contribution < 1.29 is 13.2 Å². The standard InChI is InChI=1S/C29H31N7O3S/c1-40(38,39)35-23-8-6-20(7-9-23)26-14-17-31-29(34-26)32-22-10-12-24(13-11-22)36-18-15-21(16-19-36)28(37)33-27-5-3-2-4-25(27)30/h2-14,17,21,35H,15-16,18-19,30H2,1H3,(H,33,37)(H,31,32,34). The van der Waals surface area contributed by atoms with Crippen molar-refractivity contribution in [1.29, 1.82) is 0 Å². The molecule has 5 rings (SSSR count). The third-order valence-corrected chi connectivity index (χ3v) is 7.32. The summed E-state index contributed by atoms with van der Waals surface area (Å²) in [6, 6.07) is 24.1. The minimum absolute atomic E-state index is 0.0147. The summed E-state index contributed by atoms with van der Waals surface area (Å²) in [5.74, 6) is 0.420. The molecule has 1 saturated heterocycles. The molecular formula is C29H31N7O3S. The average molecular weight is 558 g/mol. The Morgan fingerprint density at radius 1 is 0.925 bits per heavy atom. The Balaban J connectivity index is 1.16. The van der Waals surface area contributed by atoms with Crippen LogP contribution in [0.2, 0.25) is 0 Å². The van der Waals surface area contributed by atoms with Crippen molar-refractivity contribution in [2.75, 3.05) is 45.3 Å². The molecule has 5 N–H and O–H groups in total. The number of hydrogen-bond donors (Lipinski definition) is 4. The predicted molar refractivity (Wildman–Crippen MR) is 160 cm³/mol. The van der Waals surface area contributed by atoms with E-state index in [1.165, 1.54) is 0 Å². The van der Waals surface area contributed by atoms with Crippen LogP contribution in [0.1, 0.15) is 12.8 Å². The fraction of sp³-hybridized carbons (Fsp3) is 0.207. The van der Waals surface area contributed by atoms with Gasteiger partial charge in [0.05, 0.1) is 23.3 Å². The summed E-state index contributed by atoms with van der Waals surface area (Å²) in [5, 5.41) is 6.20. The molecule has 1 aliphatic heterocycles. The molecule has 40 heavy (non-hydrogen) atoms. The summed E-state index contributed by atoms with van der Waals surface area (Å²) >= 11 is 0. The number of carbonyl (C=O) groups is 1. The summed E-state index contributed by atoms with van der Waals surface area (Å²) in [7, 11) is -3.33. The van der Waals surface area contributed by atoms with Crippen LogP contribution in [0.4, 0.5) is 34.4 Å². The van der Waals surface area contributed by atoms with E-state index in [0.717, 1.165) is 49.1 Å². The lowest BCUT2D eigenvalue weighted by Gasteiger charge is -2.33. The molecule has 0 unspecified atom stereocenters. The van der Waals surface area contributed by atoms with Gasteiger partial charge in [-0.25, -0.2) is 18.4 Å². The van der Waals surface area contributed by atoms with Crippen LogP contribution in [0.15, 0.2) is 85.1 Å². The molecule has 10 nitrogen and oxygen atoms in total. The number of sulfonamides is 1. The first-order valence-electron chi connectivity index (χ1n) is 12.9. The Morgan fingerprint density at radius 3 is 2.27 bits per heavy atom. The molecular weight excluding hydrogens is 526 g/mol. The van der Waals surface area contributed by atoms with Crippen LogP contribution in [0.25, 0.3) is 11.3 Å². The lowest BCUT2D eigenvalue weighted by Crippen LogP contribution is -2.38. The zero-order valence-corrected chi connectivity index (χ0v) is 22.9. The summed E-state index contributed by atoms with van der Waals surface area (Å²) in [6.07, 6.45) is 4.33. The molecule has 1 aliphatic rings. The Hall–Kier alpha value is -4.64. The van der Waals surface area contributed by atoms with E-state index in [1.54, 1.807) is 42.6 Å². The largest absolute Gasteiger partial charge is 0.397 e. The molecule has 4 aromatic rings. The van der Waals surface area contributed by atoms with Gasteiger partial charge < -0.3 is 21.3 Å². The van der Waals surface area contributed by atoms with Crippen molar-refractivity contribution in [2.45, 2.75) is 12.8 Å². The molecule has 1 fully saturated rings. The second-order valence-electron chi connectivity index (χ2n) is 9.73. The van der Waals surface area contributed by atoms with Crippen molar-refractivity contribution in [2.24, 2.45) is 5.92 Å². The fourth-order valence-electron chi connectivity index (χ4n) is 4.63. The normalized spacial score (nSPS) is 14.0. The van der Waals surface area contributed by atoms with Crippen LogP contribution in [-0.2, 0) is 14.8 Å². The highest BCUT2D eigenvalue weighted by atomic mass is 32.2. The molecule has 1 amide bonds. The average Bonchev–Trinajstić information content (AvgIpc) is 2.94. The van der Waals surface area contributed by atoms with Crippen molar-refractivity contribution >= 4 is 50.3 Å². The number of anilines is 6. The molecule has 3 aromatic carbocycles. The first-order valence-corrected chi connectivity index (χ1v) is 14.8. The molecule has 0 spiro atoms. The highest BCUT2D eigenvalue weighted by Gasteiger charge is 2.25. The molecule has 0 bridgehead atoms. The van der Waals surface area contributed by atoms with Crippen molar-refractivity contribution in [3.8, 4) is 11.3 Å². The van der Waals surface area contributed by atoms with Gasteiger partial charge in [0.1, 0.15) is 0 Å². The SMILES string of the molecule is CS(=O)(=O)Nc1ccc(-c2ccnc(Nc3ccc(N4CCC(C(=O)Nc5ccccc5N)CC4)cc3)n2)cc1. The Morgan fingerprint density at radius 2 is 1.60 bits per heavy atom. The zero-order chi connectivity index (χ0) is 28.1. The number of nitrogens with zero attached hydrogens (tertiary/aromatic N) is 3. The number of benzene rings is 3. The third kappa shape index (κ3) is 6.86. The number of carbonyl (C=O) groups excluding carboxylic acids is 1. The van der Waals surface area contributed by atoms with E-state index in [1.807, 2.05) is 42.5 Å². The monoisotopic (exact) mass is 557 g/mol. The summed E-state index contributed by atoms with van der Waals surface area (Å²) in [5.41, 5.74) is 11.2. The van der Waals surface area contributed by atoms with Gasteiger partial charge in [-0.2, -0.15) is 0 Å². The van der Waals surface area contributed by atoms with Crippen molar-refractivity contribution in [3.63, 3.8) is 0 Å². The molecule has 0 radical (unpaired) electrons. The van der Waals surface area contributed by atoms with Crippen LogP contribution in [-0.4, -0.2) is 43.6 Å². The van der Waals surface area contributed by atoms with Crippen molar-refractivity contribution in [3.05, 3.63) is 85.1 Å². The molecule has 2 heterocycles. The predicted octanol–water partition coefficient (Wildman–Crippen LogP) is 4.70. The van der Waals surface area contributed by atoms with E-state index in [0.29, 0.717) is 28.7 Å². The Labute approximate surface area is 233 Å². The van der Waals surface area contributed by atoms with Gasteiger partial charge in [0.25, 0.3) is 0 Å². The van der Waals surface area contributed by atoms with Gasteiger partial charge in [-0.3, -0.25) is 9.52 Å². The molecule has 0 saturated carbocycles. The molecule has 11 heteroatoms. The maximum Gasteiger partial charge on any atom is 0.229 e. The van der Waals surface area contributed by atoms with Gasteiger partial charge in [0, 0.05) is 47.8 Å². The topological polar surface area (TPSA) is 142 Å². The summed E-state index contributed by atoms with van der Waals surface area (Å²) < 4.78 is 25.3. The molecule has 1 aromatic heterocycles. The molecule has 206 valence electrons. The van der Waals surface area contributed by atoms with Crippen LogP contribution in [0, 0.1) is 5.92 Å². The Bertz CT molecular complexity index is 1580. The Kier molecular flexibility index (Phi) is 7.83. The van der Waals surface area contributed by atoms with Crippen LogP contribution in [0.3, 0.4) is 0 Å². The second-order valence-corrected chi connectivity index (χ2v) is 11.5. The van der Waals surface area contributed by atoms with Crippen molar-refractivity contribution in [1.82, 2.24) is 9.97 Å². The number of nitrogens with one attached hydrogen (secondary N) is 3. The van der Waals surface area contributed by atoms with E-state index >= 15 is 0 Å². The number of aromatic nitrogens is 2. The highest BCUT2D eigenvalue weighted by molar-refractivity contribution is 7.92. The van der Waals surface area contributed by atoms with Crippen LogP contribution >= 0.6 is 0 Å². The minimum atomic E-state index is -3.33. The zero-order valence-electron chi connectivity index (χ0n) is 22.0.